The second-order valence-electron chi connectivity index (χ2n) is 6.44. The molecule has 0 N–H and O–H groups in total. The summed E-state index contributed by atoms with van der Waals surface area (Å²) in [6.07, 6.45) is 0. The molecule has 5 heteroatoms. The Kier molecular flexibility index (Phi) is 5.24. The number of nitriles is 1. The van der Waals surface area contributed by atoms with Crippen LogP contribution in [-0.4, -0.2) is 17.4 Å². The van der Waals surface area contributed by atoms with Gasteiger partial charge in [-0.3, -0.25) is 9.69 Å². The molecule has 0 radical (unpaired) electrons. The van der Waals surface area contributed by atoms with Gasteiger partial charge in [0.15, 0.2) is 0 Å². The summed E-state index contributed by atoms with van der Waals surface area (Å²) in [5.74, 6) is -0.260. The van der Waals surface area contributed by atoms with E-state index in [4.69, 9.17) is 16.6 Å². The van der Waals surface area contributed by atoms with E-state index >= 15 is 0 Å². The third-order valence-corrected chi connectivity index (χ3v) is 4.97. The Bertz CT molecular complexity index is 1230. The molecule has 0 unspecified atom stereocenters. The fourth-order valence-electron chi connectivity index (χ4n) is 3.26. The number of anilines is 1. The first-order chi connectivity index (χ1) is 14.2. The Morgan fingerprint density at radius 2 is 1.66 bits per heavy atom. The molecule has 0 bridgehead atoms. The van der Waals surface area contributed by atoms with Crippen LogP contribution in [0.15, 0.2) is 84.9 Å². The Hall–Kier alpha value is -3.68. The Morgan fingerprint density at radius 3 is 2.41 bits per heavy atom. The van der Waals surface area contributed by atoms with Crippen LogP contribution < -0.4 is 4.90 Å². The van der Waals surface area contributed by atoms with Crippen LogP contribution in [0.2, 0.25) is 5.02 Å². The standard InChI is InChI=1S/C24H16ClN3O/c25-21-12-6-4-11-19(21)23-16-20(18-10-5-7-13-22(18)27-23)24(29)28(15-14-26)17-8-2-1-3-9-17/h1-13,16H,15H2. The summed E-state index contributed by atoms with van der Waals surface area (Å²) < 4.78 is 0. The summed E-state index contributed by atoms with van der Waals surface area (Å²) in [6.45, 7) is -0.0546. The first-order valence-electron chi connectivity index (χ1n) is 9.07. The third kappa shape index (κ3) is 3.69. The summed E-state index contributed by atoms with van der Waals surface area (Å²) in [7, 11) is 0. The van der Waals surface area contributed by atoms with Gasteiger partial charge in [-0.15, -0.1) is 0 Å². The summed E-state index contributed by atoms with van der Waals surface area (Å²) >= 11 is 6.37. The number of benzene rings is 3. The molecule has 0 saturated carbocycles. The average molecular weight is 398 g/mol. The first kappa shape index (κ1) is 18.7. The SMILES string of the molecule is N#CCN(C(=O)c1cc(-c2ccccc2Cl)nc2ccccc12)c1ccccc1. The molecule has 0 saturated heterocycles. The maximum absolute atomic E-state index is 13.5. The van der Waals surface area contributed by atoms with Gasteiger partial charge in [0.05, 0.1) is 22.8 Å². The van der Waals surface area contributed by atoms with Crippen molar-refractivity contribution in [3.63, 3.8) is 0 Å². The molecule has 1 amide bonds. The minimum absolute atomic E-state index is 0.0546. The number of nitrogens with zero attached hydrogens (tertiary/aromatic N) is 3. The number of aromatic nitrogens is 1. The van der Waals surface area contributed by atoms with Crippen LogP contribution >= 0.6 is 11.6 Å². The van der Waals surface area contributed by atoms with E-state index in [9.17, 15) is 10.1 Å². The van der Waals surface area contributed by atoms with E-state index in [1.54, 1.807) is 12.1 Å². The fourth-order valence-corrected chi connectivity index (χ4v) is 3.50. The number of carbonyl (C=O) groups is 1. The van der Waals surface area contributed by atoms with E-state index in [0.29, 0.717) is 27.5 Å². The van der Waals surface area contributed by atoms with Crippen molar-refractivity contribution in [3.8, 4) is 17.3 Å². The van der Waals surface area contributed by atoms with Crippen molar-refractivity contribution in [1.29, 1.82) is 5.26 Å². The number of para-hydroxylation sites is 2. The molecule has 0 spiro atoms. The van der Waals surface area contributed by atoms with Gasteiger partial charge in [0.25, 0.3) is 5.91 Å². The topological polar surface area (TPSA) is 57.0 Å². The monoisotopic (exact) mass is 397 g/mol. The molecule has 0 aliphatic rings. The Labute approximate surface area is 173 Å². The van der Waals surface area contributed by atoms with Gasteiger partial charge in [0.2, 0.25) is 0 Å². The van der Waals surface area contributed by atoms with Crippen LogP contribution in [0.3, 0.4) is 0 Å². The first-order valence-corrected chi connectivity index (χ1v) is 9.45. The highest BCUT2D eigenvalue weighted by molar-refractivity contribution is 6.33. The van der Waals surface area contributed by atoms with Crippen molar-refractivity contribution < 1.29 is 4.79 Å². The van der Waals surface area contributed by atoms with E-state index in [-0.39, 0.29) is 12.5 Å². The van der Waals surface area contributed by atoms with E-state index < -0.39 is 0 Å². The lowest BCUT2D eigenvalue weighted by Gasteiger charge is -2.21. The van der Waals surface area contributed by atoms with E-state index in [1.807, 2.05) is 72.8 Å². The van der Waals surface area contributed by atoms with Gasteiger partial charge in [0.1, 0.15) is 6.54 Å². The number of pyridine rings is 1. The van der Waals surface area contributed by atoms with Crippen molar-refractivity contribution >= 4 is 34.1 Å². The van der Waals surface area contributed by atoms with Crippen LogP contribution in [0.25, 0.3) is 22.2 Å². The molecule has 1 heterocycles. The number of amides is 1. The van der Waals surface area contributed by atoms with Crippen molar-refractivity contribution in [3.05, 3.63) is 95.5 Å². The van der Waals surface area contributed by atoms with Gasteiger partial charge < -0.3 is 0 Å². The molecule has 4 rings (SSSR count). The quantitative estimate of drug-likeness (QED) is 0.413. The third-order valence-electron chi connectivity index (χ3n) is 4.64. The molecule has 140 valence electrons. The molecule has 0 aliphatic carbocycles. The molecule has 0 fully saturated rings. The number of halogens is 1. The lowest BCUT2D eigenvalue weighted by Crippen LogP contribution is -2.31. The molecule has 1 aromatic heterocycles. The van der Waals surface area contributed by atoms with Gasteiger partial charge in [-0.2, -0.15) is 5.26 Å². The summed E-state index contributed by atoms with van der Waals surface area (Å²) in [4.78, 5) is 19.7. The predicted molar refractivity (Wildman–Crippen MR) is 116 cm³/mol. The van der Waals surface area contributed by atoms with Crippen LogP contribution in [0.5, 0.6) is 0 Å². The minimum atomic E-state index is -0.260. The maximum Gasteiger partial charge on any atom is 0.259 e. The lowest BCUT2D eigenvalue weighted by atomic mass is 10.0. The molecule has 0 aliphatic heterocycles. The largest absolute Gasteiger partial charge is 0.295 e. The van der Waals surface area contributed by atoms with Gasteiger partial charge in [-0.1, -0.05) is 66.2 Å². The predicted octanol–water partition coefficient (Wildman–Crippen LogP) is 5.73. The molecular formula is C24H16ClN3O. The van der Waals surface area contributed by atoms with Crippen LogP contribution in [0, 0.1) is 11.3 Å². The van der Waals surface area contributed by atoms with Gasteiger partial charge >= 0.3 is 0 Å². The van der Waals surface area contributed by atoms with Crippen LogP contribution in [0.4, 0.5) is 5.69 Å². The number of carbonyl (C=O) groups excluding carboxylic acids is 1. The van der Waals surface area contributed by atoms with Crippen LogP contribution in [-0.2, 0) is 0 Å². The summed E-state index contributed by atoms with van der Waals surface area (Å²) in [5, 5.41) is 10.6. The van der Waals surface area contributed by atoms with Crippen molar-refractivity contribution in [2.24, 2.45) is 0 Å². The second kappa shape index (κ2) is 8.14. The Morgan fingerprint density at radius 1 is 0.966 bits per heavy atom. The van der Waals surface area contributed by atoms with E-state index in [1.165, 1.54) is 4.90 Å². The lowest BCUT2D eigenvalue weighted by molar-refractivity contribution is 0.0991. The zero-order chi connectivity index (χ0) is 20.2. The molecule has 3 aromatic carbocycles. The molecule has 0 atom stereocenters. The molecule has 4 nitrogen and oxygen atoms in total. The molecular weight excluding hydrogens is 382 g/mol. The zero-order valence-corrected chi connectivity index (χ0v) is 16.2. The van der Waals surface area contributed by atoms with E-state index in [0.717, 1.165) is 10.9 Å². The fraction of sp³-hybridized carbons (Fsp3) is 0.0417. The number of hydrogen-bond donors (Lipinski definition) is 0. The smallest absolute Gasteiger partial charge is 0.259 e. The Balaban J connectivity index is 1.91. The molecule has 4 aromatic rings. The van der Waals surface area contributed by atoms with Crippen molar-refractivity contribution in [2.75, 3.05) is 11.4 Å². The molecule has 29 heavy (non-hydrogen) atoms. The van der Waals surface area contributed by atoms with Gasteiger partial charge in [-0.05, 0) is 30.3 Å². The van der Waals surface area contributed by atoms with Crippen LogP contribution in [0.1, 0.15) is 10.4 Å². The van der Waals surface area contributed by atoms with E-state index in [2.05, 4.69) is 6.07 Å². The van der Waals surface area contributed by atoms with Gasteiger partial charge in [0, 0.05) is 21.7 Å². The maximum atomic E-state index is 13.5. The van der Waals surface area contributed by atoms with Gasteiger partial charge in [-0.25, -0.2) is 4.98 Å². The number of fused-ring (bicyclic) bond motifs is 1. The number of rotatable bonds is 4. The zero-order valence-electron chi connectivity index (χ0n) is 15.4. The summed E-state index contributed by atoms with van der Waals surface area (Å²) in [5.41, 5.74) is 3.20. The normalized spacial score (nSPS) is 10.5. The van der Waals surface area contributed by atoms with Crippen molar-refractivity contribution in [2.45, 2.75) is 0 Å². The highest BCUT2D eigenvalue weighted by Crippen LogP contribution is 2.31. The highest BCUT2D eigenvalue weighted by atomic mass is 35.5. The second-order valence-corrected chi connectivity index (χ2v) is 6.84. The average Bonchev–Trinajstić information content (AvgIpc) is 2.77. The highest BCUT2D eigenvalue weighted by Gasteiger charge is 2.21. The summed E-state index contributed by atoms with van der Waals surface area (Å²) in [6, 6.07) is 27.9. The minimum Gasteiger partial charge on any atom is -0.295 e. The number of hydrogen-bond acceptors (Lipinski definition) is 3. The van der Waals surface area contributed by atoms with Crippen molar-refractivity contribution in [1.82, 2.24) is 4.98 Å².